The molecular formula is C21H19Cl2NO4S. The second-order valence-electron chi connectivity index (χ2n) is 6.56. The van der Waals surface area contributed by atoms with E-state index in [1.807, 2.05) is 18.2 Å². The Morgan fingerprint density at radius 1 is 1.14 bits per heavy atom. The largest absolute Gasteiger partial charge is 0.493 e. The molecule has 0 bridgehead atoms. The van der Waals surface area contributed by atoms with Crippen molar-refractivity contribution in [1.29, 1.82) is 0 Å². The summed E-state index contributed by atoms with van der Waals surface area (Å²) in [5.74, 6) is 0.476. The Bertz CT molecular complexity index is 991. The molecule has 0 saturated carbocycles. The van der Waals surface area contributed by atoms with E-state index in [0.29, 0.717) is 32.0 Å². The molecule has 1 fully saturated rings. The predicted octanol–water partition coefficient (Wildman–Crippen LogP) is 6.03. The Hall–Kier alpha value is -2.15. The van der Waals surface area contributed by atoms with Crippen LogP contribution in [0.15, 0.2) is 41.3 Å². The summed E-state index contributed by atoms with van der Waals surface area (Å²) in [6.45, 7) is 3.82. The fourth-order valence-corrected chi connectivity index (χ4v) is 4.23. The Morgan fingerprint density at radius 3 is 2.48 bits per heavy atom. The molecule has 0 unspecified atom stereocenters. The standard InChI is InChI=1S/C21H19Cl2NO4S/c1-12(2)24-20(25)18(29-21(24)26)10-13-8-16(23)19(17(9-13)27-3)28-11-14-6-4-5-7-15(14)22/h4-10,12H,11H2,1-3H3/b18-10-. The maximum absolute atomic E-state index is 12.5. The van der Waals surface area contributed by atoms with Gasteiger partial charge in [0.05, 0.1) is 17.0 Å². The van der Waals surface area contributed by atoms with Crippen molar-refractivity contribution in [3.05, 3.63) is 62.5 Å². The third-order valence-electron chi connectivity index (χ3n) is 4.22. The average Bonchev–Trinajstić information content (AvgIpc) is 2.95. The van der Waals surface area contributed by atoms with E-state index in [0.717, 1.165) is 17.3 Å². The molecule has 29 heavy (non-hydrogen) atoms. The topological polar surface area (TPSA) is 55.8 Å². The molecule has 8 heteroatoms. The van der Waals surface area contributed by atoms with Gasteiger partial charge < -0.3 is 9.47 Å². The lowest BCUT2D eigenvalue weighted by Crippen LogP contribution is -2.34. The van der Waals surface area contributed by atoms with Crippen molar-refractivity contribution in [2.24, 2.45) is 0 Å². The maximum Gasteiger partial charge on any atom is 0.293 e. The summed E-state index contributed by atoms with van der Waals surface area (Å²) in [6, 6.07) is 10.5. The highest BCUT2D eigenvalue weighted by molar-refractivity contribution is 8.18. The predicted molar refractivity (Wildman–Crippen MR) is 117 cm³/mol. The van der Waals surface area contributed by atoms with Gasteiger partial charge in [-0.15, -0.1) is 0 Å². The molecule has 1 aliphatic heterocycles. The molecule has 3 rings (SSSR count). The van der Waals surface area contributed by atoms with E-state index in [-0.39, 0.29) is 23.8 Å². The van der Waals surface area contributed by atoms with Crippen molar-refractivity contribution >= 4 is 52.2 Å². The maximum atomic E-state index is 12.5. The van der Waals surface area contributed by atoms with Crippen LogP contribution in [-0.2, 0) is 11.4 Å². The van der Waals surface area contributed by atoms with Crippen LogP contribution in [0.2, 0.25) is 10.0 Å². The Morgan fingerprint density at radius 2 is 1.86 bits per heavy atom. The van der Waals surface area contributed by atoms with Gasteiger partial charge in [-0.2, -0.15) is 0 Å². The summed E-state index contributed by atoms with van der Waals surface area (Å²) in [7, 11) is 1.50. The molecule has 1 aliphatic rings. The highest BCUT2D eigenvalue weighted by Crippen LogP contribution is 2.39. The molecule has 0 aliphatic carbocycles. The minimum absolute atomic E-state index is 0.202. The zero-order valence-corrected chi connectivity index (χ0v) is 18.4. The SMILES string of the molecule is COc1cc(/C=C2\SC(=O)N(C(C)C)C2=O)cc(Cl)c1OCc1ccccc1Cl. The van der Waals surface area contributed by atoms with Crippen molar-refractivity contribution in [3.8, 4) is 11.5 Å². The van der Waals surface area contributed by atoms with Gasteiger partial charge in [0.1, 0.15) is 6.61 Å². The quantitative estimate of drug-likeness (QED) is 0.502. The van der Waals surface area contributed by atoms with E-state index in [9.17, 15) is 9.59 Å². The van der Waals surface area contributed by atoms with E-state index in [1.54, 1.807) is 38.1 Å². The number of amides is 2. The van der Waals surface area contributed by atoms with E-state index < -0.39 is 0 Å². The van der Waals surface area contributed by atoms with Crippen LogP contribution in [0.4, 0.5) is 4.79 Å². The molecule has 1 saturated heterocycles. The number of thioether (sulfide) groups is 1. The van der Waals surface area contributed by atoms with Crippen molar-refractivity contribution in [2.75, 3.05) is 7.11 Å². The summed E-state index contributed by atoms with van der Waals surface area (Å²) in [5.41, 5.74) is 1.45. The second-order valence-corrected chi connectivity index (χ2v) is 8.37. The number of benzene rings is 2. The number of hydrogen-bond donors (Lipinski definition) is 0. The van der Waals surface area contributed by atoms with Gasteiger partial charge >= 0.3 is 0 Å². The average molecular weight is 452 g/mol. The number of carbonyl (C=O) groups is 2. The van der Waals surface area contributed by atoms with E-state index in [1.165, 1.54) is 12.0 Å². The van der Waals surface area contributed by atoms with Gasteiger partial charge in [0, 0.05) is 16.6 Å². The van der Waals surface area contributed by atoms with Crippen molar-refractivity contribution < 1.29 is 19.1 Å². The highest BCUT2D eigenvalue weighted by Gasteiger charge is 2.36. The molecule has 0 N–H and O–H groups in total. The molecule has 0 aromatic heterocycles. The van der Waals surface area contributed by atoms with Gasteiger partial charge in [-0.05, 0) is 55.4 Å². The zero-order valence-electron chi connectivity index (χ0n) is 16.1. The molecule has 5 nitrogen and oxygen atoms in total. The van der Waals surface area contributed by atoms with Gasteiger partial charge in [-0.3, -0.25) is 14.5 Å². The smallest absolute Gasteiger partial charge is 0.293 e. The third-order valence-corrected chi connectivity index (χ3v) is 5.75. The number of methoxy groups -OCH3 is 1. The summed E-state index contributed by atoms with van der Waals surface area (Å²) in [6.07, 6.45) is 1.62. The van der Waals surface area contributed by atoms with Crippen molar-refractivity contribution in [2.45, 2.75) is 26.5 Å². The van der Waals surface area contributed by atoms with Crippen LogP contribution >= 0.6 is 35.0 Å². The fourth-order valence-electron chi connectivity index (χ4n) is 2.80. The van der Waals surface area contributed by atoms with Crippen LogP contribution in [0.1, 0.15) is 25.0 Å². The number of carbonyl (C=O) groups excluding carboxylic acids is 2. The first-order valence-corrected chi connectivity index (χ1v) is 10.4. The summed E-state index contributed by atoms with van der Waals surface area (Å²) >= 11 is 13.5. The first kappa shape index (κ1) is 21.6. The molecular weight excluding hydrogens is 433 g/mol. The number of imide groups is 1. The van der Waals surface area contributed by atoms with Gasteiger partial charge in [0.25, 0.3) is 11.1 Å². The molecule has 2 aromatic carbocycles. The van der Waals surface area contributed by atoms with E-state index >= 15 is 0 Å². The molecule has 0 radical (unpaired) electrons. The summed E-state index contributed by atoms with van der Waals surface area (Å²) in [4.78, 5) is 26.1. The minimum Gasteiger partial charge on any atom is -0.493 e. The van der Waals surface area contributed by atoms with Gasteiger partial charge in [0.15, 0.2) is 11.5 Å². The monoisotopic (exact) mass is 451 g/mol. The molecule has 2 aromatic rings. The molecule has 0 spiro atoms. The zero-order chi connectivity index (χ0) is 21.1. The molecule has 2 amide bonds. The van der Waals surface area contributed by atoms with Crippen molar-refractivity contribution in [1.82, 2.24) is 4.90 Å². The van der Waals surface area contributed by atoms with Crippen molar-refractivity contribution in [3.63, 3.8) is 0 Å². The third kappa shape index (κ3) is 4.71. The fraction of sp³-hybridized carbons (Fsp3) is 0.238. The lowest BCUT2D eigenvalue weighted by molar-refractivity contribution is -0.123. The normalized spacial score (nSPS) is 15.5. The highest BCUT2D eigenvalue weighted by atomic mass is 35.5. The van der Waals surface area contributed by atoms with E-state index in [4.69, 9.17) is 32.7 Å². The van der Waals surface area contributed by atoms with Crippen LogP contribution in [0.3, 0.4) is 0 Å². The Kier molecular flexibility index (Phi) is 6.77. The number of hydrogen-bond acceptors (Lipinski definition) is 5. The van der Waals surface area contributed by atoms with Crippen LogP contribution < -0.4 is 9.47 Å². The number of rotatable bonds is 6. The number of nitrogens with zero attached hydrogens (tertiary/aromatic N) is 1. The van der Waals surface area contributed by atoms with Gasteiger partial charge in [0.2, 0.25) is 0 Å². The van der Waals surface area contributed by atoms with Crippen LogP contribution in [0.25, 0.3) is 6.08 Å². The van der Waals surface area contributed by atoms with Crippen LogP contribution in [0.5, 0.6) is 11.5 Å². The molecule has 152 valence electrons. The lowest BCUT2D eigenvalue weighted by atomic mass is 10.1. The second kappa shape index (κ2) is 9.11. The first-order valence-electron chi connectivity index (χ1n) is 8.82. The lowest BCUT2D eigenvalue weighted by Gasteiger charge is -2.16. The summed E-state index contributed by atoms with van der Waals surface area (Å²) < 4.78 is 11.3. The van der Waals surface area contributed by atoms with Gasteiger partial charge in [-0.25, -0.2) is 0 Å². The number of ether oxygens (including phenoxy) is 2. The van der Waals surface area contributed by atoms with Gasteiger partial charge in [-0.1, -0.05) is 41.4 Å². The Balaban J connectivity index is 1.86. The minimum atomic E-state index is -0.316. The van der Waals surface area contributed by atoms with Crippen LogP contribution in [0, 0.1) is 0 Å². The number of halogens is 2. The van der Waals surface area contributed by atoms with E-state index in [2.05, 4.69) is 0 Å². The summed E-state index contributed by atoms with van der Waals surface area (Å²) in [5, 5.41) is 0.639. The Labute approximate surface area is 183 Å². The molecule has 1 heterocycles. The molecule has 0 atom stereocenters. The van der Waals surface area contributed by atoms with Crippen LogP contribution in [-0.4, -0.2) is 29.2 Å². The first-order chi connectivity index (χ1) is 13.8.